The molecule has 0 aromatic heterocycles. The van der Waals surface area contributed by atoms with E-state index in [9.17, 15) is 22.8 Å². The monoisotopic (exact) mass is 444 g/mol. The number of rotatable bonds is 5. The third-order valence-electron chi connectivity index (χ3n) is 5.43. The van der Waals surface area contributed by atoms with E-state index in [0.717, 1.165) is 16.8 Å². The van der Waals surface area contributed by atoms with E-state index in [1.807, 2.05) is 0 Å². The van der Waals surface area contributed by atoms with Crippen LogP contribution in [0.25, 0.3) is 0 Å². The van der Waals surface area contributed by atoms with Crippen LogP contribution in [0, 0.1) is 0 Å². The number of hydrogen-bond acceptors (Lipinski definition) is 7. The number of nitrogens with one attached hydrogen (secondary N) is 1. The highest BCUT2D eigenvalue weighted by atomic mass is 32.2. The summed E-state index contributed by atoms with van der Waals surface area (Å²) in [7, 11) is -1.73. The van der Waals surface area contributed by atoms with E-state index in [1.165, 1.54) is 32.4 Å². The zero-order chi connectivity index (χ0) is 22.3. The molecule has 4 rings (SSSR count). The van der Waals surface area contributed by atoms with Crippen LogP contribution in [0.15, 0.2) is 35.2 Å². The molecule has 0 atom stereocenters. The summed E-state index contributed by atoms with van der Waals surface area (Å²) in [6, 6.07) is 6.97. The van der Waals surface area contributed by atoms with Crippen LogP contribution >= 0.6 is 0 Å². The Bertz CT molecular complexity index is 1220. The highest BCUT2D eigenvalue weighted by molar-refractivity contribution is 7.92. The van der Waals surface area contributed by atoms with Gasteiger partial charge in [0, 0.05) is 13.0 Å². The standard InChI is InChI=1S/C21H20N2O7S/c1-29-20(25)14-3-5-16(21(26)30-2)17(11-14)22-31(27,28)15-9-12-4-6-18(24)23-8-7-13(10-15)19(12)23/h3,5,9-11,22H,4,6-8H2,1-2H3. The van der Waals surface area contributed by atoms with Crippen molar-refractivity contribution in [2.45, 2.75) is 24.2 Å². The summed E-state index contributed by atoms with van der Waals surface area (Å²) >= 11 is 0. The molecule has 10 heteroatoms. The van der Waals surface area contributed by atoms with Gasteiger partial charge in [-0.25, -0.2) is 18.0 Å². The minimum atomic E-state index is -4.10. The van der Waals surface area contributed by atoms with Crippen molar-refractivity contribution in [3.63, 3.8) is 0 Å². The van der Waals surface area contributed by atoms with Gasteiger partial charge < -0.3 is 14.4 Å². The van der Waals surface area contributed by atoms with Gasteiger partial charge in [-0.15, -0.1) is 0 Å². The quantitative estimate of drug-likeness (QED) is 0.700. The molecule has 0 aliphatic carbocycles. The number of esters is 2. The maximum Gasteiger partial charge on any atom is 0.339 e. The zero-order valence-electron chi connectivity index (χ0n) is 16.9. The number of carbonyl (C=O) groups excluding carboxylic acids is 3. The van der Waals surface area contributed by atoms with Crippen LogP contribution in [0.1, 0.15) is 38.3 Å². The van der Waals surface area contributed by atoms with Gasteiger partial charge in [0.1, 0.15) is 0 Å². The summed E-state index contributed by atoms with van der Waals surface area (Å²) in [5.74, 6) is -1.39. The number of nitrogens with zero attached hydrogens (tertiary/aromatic N) is 1. The SMILES string of the molecule is COC(=O)c1ccc(C(=O)OC)c(NS(=O)(=O)c2cc3c4c(c2)CCN4C(=O)CC3)c1. The number of ether oxygens (including phenoxy) is 2. The summed E-state index contributed by atoms with van der Waals surface area (Å²) in [5.41, 5.74) is 2.33. The average Bonchev–Trinajstić information content (AvgIpc) is 3.20. The first-order valence-electron chi connectivity index (χ1n) is 9.55. The average molecular weight is 444 g/mol. The van der Waals surface area contributed by atoms with Crippen molar-refractivity contribution >= 4 is 39.2 Å². The number of benzene rings is 2. The summed E-state index contributed by atoms with van der Waals surface area (Å²) in [4.78, 5) is 37.8. The number of hydrogen-bond donors (Lipinski definition) is 1. The predicted octanol–water partition coefficient (Wildman–Crippen LogP) is 1.90. The molecule has 162 valence electrons. The van der Waals surface area contributed by atoms with Crippen LogP contribution in [0.2, 0.25) is 0 Å². The van der Waals surface area contributed by atoms with E-state index in [2.05, 4.69) is 9.46 Å². The van der Waals surface area contributed by atoms with Gasteiger partial charge in [0.2, 0.25) is 5.91 Å². The van der Waals surface area contributed by atoms with Crippen LogP contribution in [-0.2, 0) is 37.1 Å². The second-order valence-electron chi connectivity index (χ2n) is 7.23. The number of aryl methyl sites for hydroxylation is 1. The number of carbonyl (C=O) groups is 3. The van der Waals surface area contributed by atoms with Crippen molar-refractivity contribution in [3.05, 3.63) is 52.6 Å². The number of anilines is 2. The summed E-state index contributed by atoms with van der Waals surface area (Å²) in [5, 5.41) is 0. The molecule has 0 saturated heterocycles. The molecule has 2 aliphatic heterocycles. The van der Waals surface area contributed by atoms with Gasteiger partial charge in [-0.3, -0.25) is 9.52 Å². The highest BCUT2D eigenvalue weighted by Crippen LogP contribution is 2.38. The largest absolute Gasteiger partial charge is 0.465 e. The number of sulfonamides is 1. The second kappa shape index (κ2) is 7.69. The van der Waals surface area contributed by atoms with Gasteiger partial charge in [-0.05, 0) is 54.3 Å². The molecular formula is C21H20N2O7S. The van der Waals surface area contributed by atoms with Crippen molar-refractivity contribution in [2.75, 3.05) is 30.4 Å². The Labute approximate surface area is 179 Å². The van der Waals surface area contributed by atoms with E-state index < -0.39 is 22.0 Å². The lowest BCUT2D eigenvalue weighted by molar-refractivity contribution is -0.118. The van der Waals surface area contributed by atoms with E-state index in [1.54, 1.807) is 17.0 Å². The summed E-state index contributed by atoms with van der Waals surface area (Å²) < 4.78 is 38.2. The van der Waals surface area contributed by atoms with Gasteiger partial charge in [0.05, 0.1) is 41.6 Å². The topological polar surface area (TPSA) is 119 Å². The molecule has 0 radical (unpaired) electrons. The fraction of sp³-hybridized carbons (Fsp3) is 0.286. The molecule has 0 spiro atoms. The first-order chi connectivity index (χ1) is 14.7. The van der Waals surface area contributed by atoms with Crippen molar-refractivity contribution in [1.29, 1.82) is 0 Å². The van der Waals surface area contributed by atoms with Crippen molar-refractivity contribution < 1.29 is 32.3 Å². The first-order valence-corrected chi connectivity index (χ1v) is 11.0. The van der Waals surface area contributed by atoms with Crippen LogP contribution in [0.4, 0.5) is 11.4 Å². The smallest absolute Gasteiger partial charge is 0.339 e. The zero-order valence-corrected chi connectivity index (χ0v) is 17.7. The van der Waals surface area contributed by atoms with Gasteiger partial charge in [-0.1, -0.05) is 0 Å². The Balaban J connectivity index is 1.75. The third kappa shape index (κ3) is 3.63. The Morgan fingerprint density at radius 2 is 1.65 bits per heavy atom. The first kappa shape index (κ1) is 20.9. The molecule has 0 fully saturated rings. The van der Waals surface area contributed by atoms with Gasteiger partial charge in [0.25, 0.3) is 10.0 Å². The van der Waals surface area contributed by atoms with Gasteiger partial charge in [0.15, 0.2) is 0 Å². The molecular weight excluding hydrogens is 424 g/mol. The maximum absolute atomic E-state index is 13.2. The van der Waals surface area contributed by atoms with E-state index in [-0.39, 0.29) is 27.6 Å². The van der Waals surface area contributed by atoms with Gasteiger partial charge in [-0.2, -0.15) is 0 Å². The van der Waals surface area contributed by atoms with Crippen molar-refractivity contribution in [2.24, 2.45) is 0 Å². The minimum Gasteiger partial charge on any atom is -0.465 e. The van der Waals surface area contributed by atoms with Crippen LogP contribution in [-0.4, -0.2) is 47.0 Å². The Hall–Kier alpha value is -3.40. The Kier molecular flexibility index (Phi) is 5.18. The van der Waals surface area contributed by atoms with E-state index in [4.69, 9.17) is 4.74 Å². The molecule has 1 amide bonds. The molecule has 0 bridgehead atoms. The lowest BCUT2D eigenvalue weighted by atomic mass is 10.00. The lowest BCUT2D eigenvalue weighted by Gasteiger charge is -2.25. The number of methoxy groups -OCH3 is 2. The molecule has 1 N–H and O–H groups in total. The van der Waals surface area contributed by atoms with Gasteiger partial charge >= 0.3 is 11.9 Å². The molecule has 2 aliphatic rings. The normalized spacial score (nSPS) is 14.8. The molecule has 31 heavy (non-hydrogen) atoms. The third-order valence-corrected chi connectivity index (χ3v) is 6.77. The maximum atomic E-state index is 13.2. The minimum absolute atomic E-state index is 0.0248. The Morgan fingerprint density at radius 1 is 0.968 bits per heavy atom. The fourth-order valence-corrected chi connectivity index (χ4v) is 5.12. The van der Waals surface area contributed by atoms with Crippen LogP contribution < -0.4 is 9.62 Å². The molecule has 2 aromatic rings. The summed E-state index contributed by atoms with van der Waals surface area (Å²) in [6.07, 6.45) is 1.37. The molecule has 9 nitrogen and oxygen atoms in total. The lowest BCUT2D eigenvalue weighted by Crippen LogP contribution is -2.33. The Morgan fingerprint density at radius 3 is 2.32 bits per heavy atom. The van der Waals surface area contributed by atoms with Crippen molar-refractivity contribution in [1.82, 2.24) is 0 Å². The van der Waals surface area contributed by atoms with Crippen LogP contribution in [0.5, 0.6) is 0 Å². The van der Waals surface area contributed by atoms with E-state index in [0.29, 0.717) is 25.8 Å². The highest BCUT2D eigenvalue weighted by Gasteiger charge is 2.33. The molecule has 2 aromatic carbocycles. The van der Waals surface area contributed by atoms with Crippen molar-refractivity contribution in [3.8, 4) is 0 Å². The summed E-state index contributed by atoms with van der Waals surface area (Å²) in [6.45, 7) is 0.533. The fourth-order valence-electron chi connectivity index (χ4n) is 3.95. The predicted molar refractivity (Wildman–Crippen MR) is 111 cm³/mol. The molecule has 0 unspecified atom stereocenters. The number of amides is 1. The molecule has 0 saturated carbocycles. The second-order valence-corrected chi connectivity index (χ2v) is 8.92. The van der Waals surface area contributed by atoms with E-state index >= 15 is 0 Å². The van der Waals surface area contributed by atoms with Crippen LogP contribution in [0.3, 0.4) is 0 Å². The molecule has 2 heterocycles.